The summed E-state index contributed by atoms with van der Waals surface area (Å²) in [6.45, 7) is 7.84. The van der Waals surface area contributed by atoms with Gasteiger partial charge in [-0.2, -0.15) is 0 Å². The minimum atomic E-state index is 0.403. The van der Waals surface area contributed by atoms with E-state index < -0.39 is 0 Å². The number of aromatic nitrogens is 2. The molecule has 2 heterocycles. The van der Waals surface area contributed by atoms with E-state index in [-0.39, 0.29) is 0 Å². The molecule has 3 rings (SSSR count). The molecule has 0 spiro atoms. The van der Waals surface area contributed by atoms with Crippen LogP contribution in [-0.4, -0.2) is 53.3 Å². The number of hydrogen-bond acceptors (Lipinski definition) is 3. The summed E-state index contributed by atoms with van der Waals surface area (Å²) in [6, 6.07) is 4.37. The number of rotatable bonds is 5. The molecule has 1 aliphatic rings. The Morgan fingerprint density at radius 2 is 2.20 bits per heavy atom. The van der Waals surface area contributed by atoms with Crippen LogP contribution in [0, 0.1) is 13.8 Å². The quantitative estimate of drug-likeness (QED) is 0.633. The molecule has 0 amide bonds. The second-order valence-electron chi connectivity index (χ2n) is 6.94. The van der Waals surface area contributed by atoms with E-state index in [1.165, 1.54) is 11.1 Å². The lowest BCUT2D eigenvalue weighted by atomic mass is 9.98. The Hall–Kier alpha value is -1.66. The maximum Gasteiger partial charge on any atom is 0.168 e. The van der Waals surface area contributed by atoms with Gasteiger partial charge in [-0.15, -0.1) is 0 Å². The third-order valence-electron chi connectivity index (χ3n) is 5.01. The first kappa shape index (κ1) is 18.1. The molecule has 2 aromatic rings. The highest BCUT2D eigenvalue weighted by molar-refractivity contribution is 7.80. The number of thiocarbonyl (C=S) groups is 1. The number of ether oxygens (including phenoxy) is 1. The van der Waals surface area contributed by atoms with E-state index in [9.17, 15) is 0 Å². The Bertz CT molecular complexity index is 703. The molecular weight excluding hydrogens is 332 g/mol. The van der Waals surface area contributed by atoms with Crippen molar-refractivity contribution in [2.24, 2.45) is 0 Å². The lowest BCUT2D eigenvalue weighted by Gasteiger charge is -2.33. The standard InChI is InChI=1S/C19H28N4OS/c1-13-10-16-17(11-14(13)2)22-18(21-16)15-6-4-8-23(12-15)19(25)20-7-5-9-24-3/h10-11,15H,4-9,12H2,1-3H3,(H,20,25)(H,21,22)/t15-/m0/s1. The van der Waals surface area contributed by atoms with Crippen LogP contribution in [0.2, 0.25) is 0 Å². The molecule has 2 N–H and O–H groups in total. The molecule has 1 aromatic carbocycles. The first-order chi connectivity index (χ1) is 12.1. The summed E-state index contributed by atoms with van der Waals surface area (Å²) in [5.41, 5.74) is 4.79. The Labute approximate surface area is 155 Å². The van der Waals surface area contributed by atoms with Crippen molar-refractivity contribution < 1.29 is 4.74 Å². The van der Waals surface area contributed by atoms with Crippen LogP contribution in [0.5, 0.6) is 0 Å². The van der Waals surface area contributed by atoms with Gasteiger partial charge in [-0.3, -0.25) is 0 Å². The van der Waals surface area contributed by atoms with E-state index in [1.54, 1.807) is 7.11 Å². The molecule has 1 aromatic heterocycles. The third kappa shape index (κ3) is 4.30. The number of piperidine rings is 1. The van der Waals surface area contributed by atoms with Crippen LogP contribution < -0.4 is 5.32 Å². The Morgan fingerprint density at radius 3 is 3.00 bits per heavy atom. The van der Waals surface area contributed by atoms with Crippen LogP contribution in [0.25, 0.3) is 11.0 Å². The second kappa shape index (κ2) is 8.15. The zero-order valence-electron chi connectivity index (χ0n) is 15.4. The maximum absolute atomic E-state index is 5.57. The number of nitrogens with zero attached hydrogens (tertiary/aromatic N) is 2. The maximum atomic E-state index is 5.57. The zero-order chi connectivity index (χ0) is 17.8. The molecule has 0 saturated carbocycles. The average Bonchev–Trinajstić information content (AvgIpc) is 3.02. The SMILES string of the molecule is COCCCNC(=S)N1CCC[C@H](c2nc3cc(C)c(C)cc3[nH]2)C1. The summed E-state index contributed by atoms with van der Waals surface area (Å²) in [6.07, 6.45) is 3.26. The van der Waals surface area contributed by atoms with Gasteiger partial charge in [0, 0.05) is 39.3 Å². The van der Waals surface area contributed by atoms with E-state index in [2.05, 4.69) is 41.2 Å². The fourth-order valence-corrected chi connectivity index (χ4v) is 3.66. The number of H-pyrrole nitrogens is 1. The van der Waals surface area contributed by atoms with Gasteiger partial charge in [-0.05, 0) is 68.6 Å². The lowest BCUT2D eigenvalue weighted by Crippen LogP contribution is -2.45. The van der Waals surface area contributed by atoms with Gasteiger partial charge < -0.3 is 19.9 Å². The number of benzene rings is 1. The summed E-state index contributed by atoms with van der Waals surface area (Å²) in [4.78, 5) is 10.7. The smallest absolute Gasteiger partial charge is 0.168 e. The number of aromatic amines is 1. The molecule has 0 bridgehead atoms. The first-order valence-corrected chi connectivity index (χ1v) is 9.48. The minimum absolute atomic E-state index is 0.403. The Kier molecular flexibility index (Phi) is 5.91. The molecule has 0 aliphatic carbocycles. The van der Waals surface area contributed by atoms with Crippen LogP contribution in [0.15, 0.2) is 12.1 Å². The van der Waals surface area contributed by atoms with Crippen molar-refractivity contribution in [2.75, 3.05) is 33.4 Å². The topological polar surface area (TPSA) is 53.2 Å². The highest BCUT2D eigenvalue weighted by Crippen LogP contribution is 2.27. The lowest BCUT2D eigenvalue weighted by molar-refractivity contribution is 0.195. The predicted octanol–water partition coefficient (Wildman–Crippen LogP) is 3.27. The summed E-state index contributed by atoms with van der Waals surface area (Å²) < 4.78 is 5.08. The van der Waals surface area contributed by atoms with Gasteiger partial charge in [-0.25, -0.2) is 4.98 Å². The van der Waals surface area contributed by atoms with E-state index in [0.29, 0.717) is 5.92 Å². The van der Waals surface area contributed by atoms with Crippen molar-refractivity contribution in [1.29, 1.82) is 0 Å². The molecule has 136 valence electrons. The number of imidazole rings is 1. The molecule has 0 unspecified atom stereocenters. The molecule has 6 heteroatoms. The fraction of sp³-hybridized carbons (Fsp3) is 0.579. The van der Waals surface area contributed by atoms with Crippen molar-refractivity contribution >= 4 is 28.4 Å². The van der Waals surface area contributed by atoms with Crippen LogP contribution in [0.1, 0.15) is 42.1 Å². The van der Waals surface area contributed by atoms with Gasteiger partial charge in [0.25, 0.3) is 0 Å². The molecule has 25 heavy (non-hydrogen) atoms. The summed E-state index contributed by atoms with van der Waals surface area (Å²) in [5.74, 6) is 1.49. The zero-order valence-corrected chi connectivity index (χ0v) is 16.2. The van der Waals surface area contributed by atoms with Crippen molar-refractivity contribution in [2.45, 2.75) is 39.0 Å². The van der Waals surface area contributed by atoms with Crippen LogP contribution >= 0.6 is 12.2 Å². The minimum Gasteiger partial charge on any atom is -0.385 e. The highest BCUT2D eigenvalue weighted by atomic mass is 32.1. The van der Waals surface area contributed by atoms with Gasteiger partial charge in [0.05, 0.1) is 11.0 Å². The number of fused-ring (bicyclic) bond motifs is 1. The summed E-state index contributed by atoms with van der Waals surface area (Å²) in [5, 5.41) is 4.20. The Morgan fingerprint density at radius 1 is 1.40 bits per heavy atom. The normalized spacial score (nSPS) is 17.9. The third-order valence-corrected chi connectivity index (χ3v) is 5.41. The first-order valence-electron chi connectivity index (χ1n) is 9.07. The molecular formula is C19H28N4OS. The highest BCUT2D eigenvalue weighted by Gasteiger charge is 2.25. The van der Waals surface area contributed by atoms with Crippen molar-refractivity contribution in [1.82, 2.24) is 20.2 Å². The van der Waals surface area contributed by atoms with Crippen LogP contribution in [-0.2, 0) is 4.74 Å². The molecule has 1 saturated heterocycles. The van der Waals surface area contributed by atoms with Gasteiger partial charge in [0.2, 0.25) is 0 Å². The summed E-state index contributed by atoms with van der Waals surface area (Å²) in [7, 11) is 1.73. The van der Waals surface area contributed by atoms with E-state index in [0.717, 1.165) is 67.5 Å². The molecule has 1 atom stereocenters. The van der Waals surface area contributed by atoms with Gasteiger partial charge in [-0.1, -0.05) is 0 Å². The number of hydrogen-bond donors (Lipinski definition) is 2. The predicted molar refractivity (Wildman–Crippen MR) is 106 cm³/mol. The van der Waals surface area contributed by atoms with Gasteiger partial charge >= 0.3 is 0 Å². The number of likely N-dealkylation sites (tertiary alicyclic amines) is 1. The largest absolute Gasteiger partial charge is 0.385 e. The van der Waals surface area contributed by atoms with Crippen molar-refractivity contribution in [3.8, 4) is 0 Å². The van der Waals surface area contributed by atoms with Crippen LogP contribution in [0.3, 0.4) is 0 Å². The molecule has 5 nitrogen and oxygen atoms in total. The Balaban J connectivity index is 1.65. The monoisotopic (exact) mass is 360 g/mol. The van der Waals surface area contributed by atoms with Crippen molar-refractivity contribution in [3.05, 3.63) is 29.1 Å². The number of nitrogens with one attached hydrogen (secondary N) is 2. The summed E-state index contributed by atoms with van der Waals surface area (Å²) >= 11 is 5.57. The number of methoxy groups -OCH3 is 1. The second-order valence-corrected chi connectivity index (χ2v) is 7.33. The van der Waals surface area contributed by atoms with Gasteiger partial charge in [0.1, 0.15) is 5.82 Å². The van der Waals surface area contributed by atoms with E-state index in [4.69, 9.17) is 21.9 Å². The van der Waals surface area contributed by atoms with Gasteiger partial charge in [0.15, 0.2) is 5.11 Å². The van der Waals surface area contributed by atoms with E-state index in [1.807, 2.05) is 0 Å². The number of aryl methyl sites for hydroxylation is 2. The van der Waals surface area contributed by atoms with Crippen molar-refractivity contribution in [3.63, 3.8) is 0 Å². The molecule has 1 fully saturated rings. The van der Waals surface area contributed by atoms with Crippen LogP contribution in [0.4, 0.5) is 0 Å². The molecule has 1 aliphatic heterocycles. The van der Waals surface area contributed by atoms with E-state index >= 15 is 0 Å². The molecule has 0 radical (unpaired) electrons. The average molecular weight is 361 g/mol. The fourth-order valence-electron chi connectivity index (χ4n) is 3.39.